The van der Waals surface area contributed by atoms with Crippen LogP contribution in [0.25, 0.3) is 0 Å². The zero-order valence-electron chi connectivity index (χ0n) is 12.5. The van der Waals surface area contributed by atoms with Gasteiger partial charge in [0, 0.05) is 21.4 Å². The number of thiophene rings is 1. The Kier molecular flexibility index (Phi) is 5.42. The number of hydrogen-bond acceptors (Lipinski definition) is 2. The topological polar surface area (TPSA) is 12.0 Å². The minimum atomic E-state index is 0.347. The predicted octanol–water partition coefficient (Wildman–Crippen LogP) is 6.05. The van der Waals surface area contributed by atoms with E-state index in [-0.39, 0.29) is 0 Å². The lowest BCUT2D eigenvalue weighted by atomic mass is 9.99. The Labute approximate surface area is 134 Å². The van der Waals surface area contributed by atoms with Crippen LogP contribution in [0.5, 0.6) is 0 Å². The van der Waals surface area contributed by atoms with Crippen LogP contribution in [-0.4, -0.2) is 0 Å². The summed E-state index contributed by atoms with van der Waals surface area (Å²) in [5.74, 6) is 0.591. The van der Waals surface area contributed by atoms with Crippen molar-refractivity contribution in [1.29, 1.82) is 0 Å². The van der Waals surface area contributed by atoms with E-state index in [1.165, 1.54) is 20.5 Å². The van der Waals surface area contributed by atoms with Gasteiger partial charge < -0.3 is 5.32 Å². The Morgan fingerprint density at radius 1 is 0.900 bits per heavy atom. The first-order valence-corrected chi connectivity index (χ1v) is 8.75. The van der Waals surface area contributed by atoms with Gasteiger partial charge in [0.05, 0.1) is 0 Å². The van der Waals surface area contributed by atoms with Gasteiger partial charge in [-0.3, -0.25) is 0 Å². The molecule has 1 N–H and O–H groups in total. The summed E-state index contributed by atoms with van der Waals surface area (Å²) in [7, 11) is 0. The summed E-state index contributed by atoms with van der Waals surface area (Å²) in [6, 6.07) is 11.8. The second-order valence-corrected chi connectivity index (χ2v) is 7.37. The third kappa shape index (κ3) is 3.72. The van der Waals surface area contributed by atoms with Gasteiger partial charge in [0.15, 0.2) is 0 Å². The number of nitrogens with one attached hydrogen (secondary N) is 1. The zero-order chi connectivity index (χ0) is 14.7. The third-order valence-electron chi connectivity index (χ3n) is 3.64. The minimum Gasteiger partial charge on any atom is -0.303 e. The largest absolute Gasteiger partial charge is 0.303 e. The average Bonchev–Trinajstić information content (AvgIpc) is 2.85. The van der Waals surface area contributed by atoms with E-state index in [0.717, 1.165) is 0 Å². The Morgan fingerprint density at radius 2 is 1.50 bits per heavy atom. The van der Waals surface area contributed by atoms with Crippen LogP contribution in [0.4, 0.5) is 0 Å². The second kappa shape index (κ2) is 6.88. The highest BCUT2D eigenvalue weighted by molar-refractivity contribution is 9.10. The maximum Gasteiger partial charge on any atom is 0.0402 e. The van der Waals surface area contributed by atoms with E-state index in [2.05, 4.69) is 84.7 Å². The summed E-state index contributed by atoms with van der Waals surface area (Å²) in [4.78, 5) is 1.36. The van der Waals surface area contributed by atoms with Gasteiger partial charge in [0.25, 0.3) is 0 Å². The third-order valence-corrected chi connectivity index (χ3v) is 5.69. The van der Waals surface area contributed by atoms with Gasteiger partial charge in [-0.1, -0.05) is 38.1 Å². The Hall–Kier alpha value is -0.640. The van der Waals surface area contributed by atoms with E-state index in [4.69, 9.17) is 0 Å². The maximum absolute atomic E-state index is 3.67. The smallest absolute Gasteiger partial charge is 0.0402 e. The van der Waals surface area contributed by atoms with Crippen molar-refractivity contribution >= 4 is 27.3 Å². The molecule has 1 nitrogen and oxygen atoms in total. The predicted molar refractivity (Wildman–Crippen MR) is 92.5 cm³/mol. The van der Waals surface area contributed by atoms with Crippen LogP contribution in [0.3, 0.4) is 0 Å². The van der Waals surface area contributed by atoms with Crippen molar-refractivity contribution in [2.45, 2.75) is 45.7 Å². The van der Waals surface area contributed by atoms with E-state index in [9.17, 15) is 0 Å². The van der Waals surface area contributed by atoms with Gasteiger partial charge in [-0.05, 0) is 58.3 Å². The molecule has 1 aromatic heterocycles. The summed E-state index contributed by atoms with van der Waals surface area (Å²) < 4.78 is 1.20. The molecule has 1 heterocycles. The molecule has 20 heavy (non-hydrogen) atoms. The average molecular weight is 352 g/mol. The van der Waals surface area contributed by atoms with Gasteiger partial charge in [-0.15, -0.1) is 11.3 Å². The van der Waals surface area contributed by atoms with Gasteiger partial charge in [0.2, 0.25) is 0 Å². The highest BCUT2D eigenvalue weighted by atomic mass is 79.9. The van der Waals surface area contributed by atoms with Crippen molar-refractivity contribution in [3.05, 3.63) is 56.2 Å². The Bertz CT molecular complexity index is 544. The molecule has 2 unspecified atom stereocenters. The molecule has 0 aliphatic heterocycles. The molecule has 0 aliphatic rings. The van der Waals surface area contributed by atoms with Gasteiger partial charge >= 0.3 is 0 Å². The van der Waals surface area contributed by atoms with E-state index >= 15 is 0 Å². The van der Waals surface area contributed by atoms with Crippen LogP contribution < -0.4 is 5.32 Å². The molecular weight excluding hydrogens is 330 g/mol. The molecule has 108 valence electrons. The lowest BCUT2D eigenvalue weighted by molar-refractivity contribution is 0.499. The van der Waals surface area contributed by atoms with Crippen molar-refractivity contribution in [2.75, 3.05) is 0 Å². The summed E-state index contributed by atoms with van der Waals surface area (Å²) in [5, 5.41) is 5.79. The van der Waals surface area contributed by atoms with E-state index < -0.39 is 0 Å². The lowest BCUT2D eigenvalue weighted by Gasteiger charge is -2.20. The molecule has 0 saturated carbocycles. The fraction of sp³-hybridized carbons (Fsp3) is 0.412. The molecular formula is C17H22BrNS. The summed E-state index contributed by atoms with van der Waals surface area (Å²) in [6.07, 6.45) is 0. The maximum atomic E-state index is 3.67. The highest BCUT2D eigenvalue weighted by Gasteiger charge is 2.14. The number of halogens is 1. The first-order valence-electron chi connectivity index (χ1n) is 7.07. The molecule has 0 amide bonds. The van der Waals surface area contributed by atoms with Crippen molar-refractivity contribution in [1.82, 2.24) is 5.32 Å². The quantitative estimate of drug-likeness (QED) is 0.691. The second-order valence-electron chi connectivity index (χ2n) is 5.56. The van der Waals surface area contributed by atoms with E-state index in [1.54, 1.807) is 11.3 Å². The molecule has 0 fully saturated rings. The highest BCUT2D eigenvalue weighted by Crippen LogP contribution is 2.30. The number of rotatable bonds is 5. The van der Waals surface area contributed by atoms with Crippen LogP contribution in [-0.2, 0) is 0 Å². The molecule has 0 spiro atoms. The van der Waals surface area contributed by atoms with E-state index in [1.807, 2.05) is 0 Å². The molecule has 2 aromatic rings. The van der Waals surface area contributed by atoms with Crippen LogP contribution in [0, 0.1) is 0 Å². The van der Waals surface area contributed by atoms with Gasteiger partial charge in [-0.2, -0.15) is 0 Å². The minimum absolute atomic E-state index is 0.347. The zero-order valence-corrected chi connectivity index (χ0v) is 14.9. The fourth-order valence-corrected chi connectivity index (χ4v) is 4.07. The molecule has 0 bridgehead atoms. The van der Waals surface area contributed by atoms with Gasteiger partial charge in [0.1, 0.15) is 0 Å². The molecule has 2 rings (SSSR count). The van der Waals surface area contributed by atoms with Crippen molar-refractivity contribution in [2.24, 2.45) is 0 Å². The molecule has 2 atom stereocenters. The van der Waals surface area contributed by atoms with Crippen LogP contribution in [0.1, 0.15) is 61.7 Å². The molecule has 0 aliphatic carbocycles. The first kappa shape index (κ1) is 15.7. The van der Waals surface area contributed by atoms with Crippen LogP contribution in [0.2, 0.25) is 0 Å². The van der Waals surface area contributed by atoms with E-state index in [0.29, 0.717) is 18.0 Å². The normalized spacial score (nSPS) is 14.5. The lowest BCUT2D eigenvalue weighted by Crippen LogP contribution is -2.22. The Balaban J connectivity index is 2.04. The number of benzene rings is 1. The summed E-state index contributed by atoms with van der Waals surface area (Å²) in [6.45, 7) is 8.90. The molecule has 0 saturated heterocycles. The Morgan fingerprint density at radius 3 is 2.00 bits per heavy atom. The van der Waals surface area contributed by atoms with Crippen molar-refractivity contribution in [3.63, 3.8) is 0 Å². The molecule has 3 heteroatoms. The SMILES string of the molecule is CC(C)c1ccc(C(C)NC(C)c2sccc2Br)cc1. The fourth-order valence-electron chi connectivity index (χ4n) is 2.33. The van der Waals surface area contributed by atoms with Crippen LogP contribution >= 0.6 is 27.3 Å². The summed E-state index contributed by atoms with van der Waals surface area (Å²) >= 11 is 5.40. The first-order chi connectivity index (χ1) is 9.49. The molecule has 0 radical (unpaired) electrons. The molecule has 1 aromatic carbocycles. The standard InChI is InChI=1S/C17H22BrNS/c1-11(2)14-5-7-15(8-6-14)12(3)19-13(4)17-16(18)9-10-20-17/h5-13,19H,1-4H3. The summed E-state index contributed by atoms with van der Waals surface area (Å²) in [5.41, 5.74) is 2.74. The number of hydrogen-bond donors (Lipinski definition) is 1. The van der Waals surface area contributed by atoms with Crippen LogP contribution in [0.15, 0.2) is 40.2 Å². The monoisotopic (exact) mass is 351 g/mol. The van der Waals surface area contributed by atoms with Gasteiger partial charge in [-0.25, -0.2) is 0 Å². The van der Waals surface area contributed by atoms with Crippen molar-refractivity contribution < 1.29 is 0 Å². The van der Waals surface area contributed by atoms with Crippen molar-refractivity contribution in [3.8, 4) is 0 Å².